The number of fused-ring (bicyclic) bond motifs is 9. The van der Waals surface area contributed by atoms with Gasteiger partial charge in [0.25, 0.3) is 0 Å². The molecule has 0 aliphatic rings. The van der Waals surface area contributed by atoms with Gasteiger partial charge in [0.15, 0.2) is 0 Å². The van der Waals surface area contributed by atoms with Crippen LogP contribution >= 0.6 is 0 Å². The van der Waals surface area contributed by atoms with E-state index >= 15 is 0 Å². The second kappa shape index (κ2) is 16.7. The lowest BCUT2D eigenvalue weighted by Gasteiger charge is -2.28. The van der Waals surface area contributed by atoms with E-state index < -0.39 is 0 Å². The quantitative estimate of drug-likeness (QED) is 0.142. The summed E-state index contributed by atoms with van der Waals surface area (Å²) in [5, 5.41) is 9.39. The van der Waals surface area contributed by atoms with Gasteiger partial charge < -0.3 is 13.9 Å². The number of benzene rings is 12. The van der Waals surface area contributed by atoms with E-state index in [9.17, 15) is 0 Å². The predicted octanol–water partition coefficient (Wildman–Crippen LogP) is 19.1. The summed E-state index contributed by atoms with van der Waals surface area (Å²) in [6, 6.07) is 96.6. The van der Waals surface area contributed by atoms with E-state index in [2.05, 4.69) is 276 Å². The Labute approximate surface area is 411 Å². The Hall–Kier alpha value is -9.44. The highest BCUT2D eigenvalue weighted by Gasteiger charge is 2.25. The number of furan rings is 1. The van der Waals surface area contributed by atoms with Gasteiger partial charge in [-0.05, 0) is 104 Å². The molecule has 14 rings (SSSR count). The minimum Gasteiger partial charge on any atom is -0.455 e. The lowest BCUT2D eigenvalue weighted by Crippen LogP contribution is -2.11. The molecule has 3 heteroatoms. The second-order valence-corrected chi connectivity index (χ2v) is 18.4. The minimum absolute atomic E-state index is 0.856. The van der Waals surface area contributed by atoms with E-state index in [1.807, 2.05) is 0 Å². The van der Waals surface area contributed by atoms with Crippen LogP contribution in [-0.4, -0.2) is 4.57 Å². The largest absolute Gasteiger partial charge is 0.455 e. The summed E-state index contributed by atoms with van der Waals surface area (Å²) in [4.78, 5) is 2.46. The first kappa shape index (κ1) is 40.6. The highest BCUT2D eigenvalue weighted by atomic mass is 16.3. The van der Waals surface area contributed by atoms with Crippen molar-refractivity contribution in [3.63, 3.8) is 0 Å². The molecule has 2 aromatic heterocycles. The van der Waals surface area contributed by atoms with Crippen LogP contribution in [0.2, 0.25) is 0 Å². The van der Waals surface area contributed by atoms with Gasteiger partial charge in [0.05, 0.1) is 27.8 Å². The van der Waals surface area contributed by atoms with Crippen LogP contribution in [0.3, 0.4) is 0 Å². The molecule has 0 radical (unpaired) electrons. The highest BCUT2D eigenvalue weighted by Crippen LogP contribution is 2.49. The van der Waals surface area contributed by atoms with Crippen LogP contribution in [0, 0.1) is 0 Å². The van der Waals surface area contributed by atoms with E-state index in [0.717, 1.165) is 61.4 Å². The molecule has 0 N–H and O–H groups in total. The summed E-state index contributed by atoms with van der Waals surface area (Å²) in [5.41, 5.74) is 17.7. The molecule has 0 fully saturated rings. The molecule has 0 amide bonds. The smallest absolute Gasteiger partial charge is 0.145 e. The van der Waals surface area contributed by atoms with Crippen molar-refractivity contribution in [1.29, 1.82) is 0 Å². The van der Waals surface area contributed by atoms with Crippen molar-refractivity contribution in [2.75, 3.05) is 4.90 Å². The molecule has 0 unspecified atom stereocenters. The van der Waals surface area contributed by atoms with Gasteiger partial charge in [0, 0.05) is 44.0 Å². The molecular formula is C68H44N2O. The van der Waals surface area contributed by atoms with Crippen LogP contribution in [0.25, 0.3) is 115 Å². The maximum atomic E-state index is 6.97. The summed E-state index contributed by atoms with van der Waals surface area (Å²) >= 11 is 0. The van der Waals surface area contributed by atoms with Gasteiger partial charge in [-0.2, -0.15) is 0 Å². The number of hydrogen-bond donors (Lipinski definition) is 0. The fourth-order valence-corrected chi connectivity index (χ4v) is 11.2. The molecule has 0 atom stereocenters. The Morgan fingerprint density at radius 1 is 0.310 bits per heavy atom. The van der Waals surface area contributed by atoms with Crippen molar-refractivity contribution in [3.8, 4) is 50.2 Å². The molecule has 3 nitrogen and oxygen atoms in total. The first-order valence-corrected chi connectivity index (χ1v) is 24.3. The third-order valence-corrected chi connectivity index (χ3v) is 14.4. The van der Waals surface area contributed by atoms with E-state index in [0.29, 0.717) is 0 Å². The van der Waals surface area contributed by atoms with Crippen LogP contribution < -0.4 is 4.90 Å². The molecule has 71 heavy (non-hydrogen) atoms. The van der Waals surface area contributed by atoms with Crippen LogP contribution in [0.15, 0.2) is 271 Å². The summed E-state index contributed by atoms with van der Waals surface area (Å²) in [6.07, 6.45) is 0. The number of nitrogens with zero attached hydrogens (tertiary/aromatic N) is 2. The van der Waals surface area contributed by atoms with E-state index in [4.69, 9.17) is 4.42 Å². The Morgan fingerprint density at radius 2 is 0.859 bits per heavy atom. The maximum absolute atomic E-state index is 6.97. The zero-order chi connectivity index (χ0) is 46.8. The van der Waals surface area contributed by atoms with E-state index in [1.54, 1.807) is 0 Å². The molecule has 0 aliphatic heterocycles. The Kier molecular flexibility index (Phi) is 9.53. The number of aromatic nitrogens is 1. The Bertz CT molecular complexity index is 4300. The highest BCUT2D eigenvalue weighted by molar-refractivity contribution is 6.21. The van der Waals surface area contributed by atoms with Crippen molar-refractivity contribution in [3.05, 3.63) is 267 Å². The maximum Gasteiger partial charge on any atom is 0.145 e. The fraction of sp³-hybridized carbons (Fsp3) is 0. The minimum atomic E-state index is 0.856. The first-order chi connectivity index (χ1) is 35.2. The van der Waals surface area contributed by atoms with Crippen LogP contribution in [0.5, 0.6) is 0 Å². The van der Waals surface area contributed by atoms with Crippen molar-refractivity contribution in [2.24, 2.45) is 0 Å². The van der Waals surface area contributed by atoms with Gasteiger partial charge in [-0.15, -0.1) is 0 Å². The summed E-state index contributed by atoms with van der Waals surface area (Å²) in [6.45, 7) is 0. The monoisotopic (exact) mass is 904 g/mol. The number of para-hydroxylation sites is 3. The standard InChI is InChI=1S/C68H44N2O/c1-4-17-45(18-5-1)46-33-35-50(36-34-46)57-43-44-62(66-58-26-12-13-32-63(58)71-68(57)66)69(60-30-14-22-51-38-37-48-21-10-11-25-54(48)64(51)60)53-41-39-49(40-42-53)55-27-16-31-61-65(55)59-29-15-28-56(47-19-6-2-7-20-47)67(59)70(61)52-23-8-3-9-24-52/h1-44H. The average Bonchev–Trinajstić information content (AvgIpc) is 4.01. The summed E-state index contributed by atoms with van der Waals surface area (Å²) in [7, 11) is 0. The third-order valence-electron chi connectivity index (χ3n) is 14.4. The fourth-order valence-electron chi connectivity index (χ4n) is 11.2. The van der Waals surface area contributed by atoms with Gasteiger partial charge in [0.1, 0.15) is 11.2 Å². The first-order valence-electron chi connectivity index (χ1n) is 24.3. The lowest BCUT2D eigenvalue weighted by atomic mass is 9.95. The lowest BCUT2D eigenvalue weighted by molar-refractivity contribution is 0.670. The number of anilines is 3. The van der Waals surface area contributed by atoms with Gasteiger partial charge in [-0.1, -0.05) is 212 Å². The molecule has 12 aromatic carbocycles. The van der Waals surface area contributed by atoms with E-state index in [1.165, 1.54) is 71.2 Å². The zero-order valence-corrected chi connectivity index (χ0v) is 38.7. The third kappa shape index (κ3) is 6.66. The molecule has 0 spiro atoms. The van der Waals surface area contributed by atoms with Crippen molar-refractivity contribution in [1.82, 2.24) is 4.57 Å². The van der Waals surface area contributed by atoms with Gasteiger partial charge in [-0.25, -0.2) is 0 Å². The van der Waals surface area contributed by atoms with Gasteiger partial charge in [0.2, 0.25) is 0 Å². The predicted molar refractivity (Wildman–Crippen MR) is 299 cm³/mol. The van der Waals surface area contributed by atoms with Crippen molar-refractivity contribution in [2.45, 2.75) is 0 Å². The molecule has 2 heterocycles. The Balaban J connectivity index is 0.990. The SMILES string of the molecule is c1ccc(-c2ccc(-c3ccc(N(c4ccc(-c5cccc6c5c5cccc(-c7ccccc7)c5n6-c5ccccc5)cc4)c4cccc5ccc6ccccc6c45)c4c3oc3ccccc34)cc2)cc1. The molecule has 0 bridgehead atoms. The molecule has 0 saturated heterocycles. The second-order valence-electron chi connectivity index (χ2n) is 18.4. The molecule has 14 aromatic rings. The summed E-state index contributed by atoms with van der Waals surface area (Å²) < 4.78 is 9.41. The Morgan fingerprint density at radius 3 is 1.66 bits per heavy atom. The number of hydrogen-bond acceptors (Lipinski definition) is 2. The normalized spacial score (nSPS) is 11.7. The summed E-state index contributed by atoms with van der Waals surface area (Å²) in [5.74, 6) is 0. The molecule has 0 aliphatic carbocycles. The molecular weight excluding hydrogens is 861 g/mol. The van der Waals surface area contributed by atoms with Crippen molar-refractivity contribution < 1.29 is 4.42 Å². The average molecular weight is 905 g/mol. The number of rotatable bonds is 8. The van der Waals surface area contributed by atoms with Crippen LogP contribution in [0.1, 0.15) is 0 Å². The van der Waals surface area contributed by atoms with Gasteiger partial charge >= 0.3 is 0 Å². The van der Waals surface area contributed by atoms with Crippen LogP contribution in [0.4, 0.5) is 17.1 Å². The zero-order valence-electron chi connectivity index (χ0n) is 38.7. The van der Waals surface area contributed by atoms with E-state index in [-0.39, 0.29) is 0 Å². The molecule has 332 valence electrons. The topological polar surface area (TPSA) is 21.3 Å². The van der Waals surface area contributed by atoms with Crippen molar-refractivity contribution >= 4 is 82.4 Å². The van der Waals surface area contributed by atoms with Gasteiger partial charge in [-0.3, -0.25) is 0 Å². The molecule has 0 saturated carbocycles. The van der Waals surface area contributed by atoms with Crippen LogP contribution in [-0.2, 0) is 0 Å².